The Morgan fingerprint density at radius 1 is 1.14 bits per heavy atom. The van der Waals surface area contributed by atoms with Gasteiger partial charge in [-0.25, -0.2) is 0 Å². The first-order valence-electron chi connectivity index (χ1n) is 8.08. The molecule has 0 aromatic heterocycles. The lowest BCUT2D eigenvalue weighted by molar-refractivity contribution is 0.475. The molecule has 1 heterocycles. The Morgan fingerprint density at radius 2 is 1.91 bits per heavy atom. The third kappa shape index (κ3) is 3.80. The molecule has 1 unspecified atom stereocenters. The van der Waals surface area contributed by atoms with Crippen LogP contribution in [0.25, 0.3) is 0 Å². The molecule has 0 amide bonds. The van der Waals surface area contributed by atoms with E-state index in [1.54, 1.807) is 12.1 Å². The maximum Gasteiger partial charge on any atom is 0.115 e. The quantitative estimate of drug-likeness (QED) is 0.767. The third-order valence-corrected chi connectivity index (χ3v) is 4.26. The fourth-order valence-corrected chi connectivity index (χ4v) is 3.04. The Balaban J connectivity index is 1.46. The molecular formula is C19H24N2O. The van der Waals surface area contributed by atoms with Crippen molar-refractivity contribution in [2.24, 2.45) is 0 Å². The van der Waals surface area contributed by atoms with Crippen LogP contribution in [0.1, 0.15) is 23.6 Å². The number of benzene rings is 2. The van der Waals surface area contributed by atoms with Crippen molar-refractivity contribution in [1.82, 2.24) is 5.32 Å². The van der Waals surface area contributed by atoms with Crippen molar-refractivity contribution in [3.05, 3.63) is 59.2 Å². The van der Waals surface area contributed by atoms with E-state index in [0.717, 1.165) is 32.4 Å². The topological polar surface area (TPSA) is 44.3 Å². The molecular weight excluding hydrogens is 272 g/mol. The number of aromatic hydroxyl groups is 1. The zero-order valence-corrected chi connectivity index (χ0v) is 13.1. The Morgan fingerprint density at radius 3 is 2.73 bits per heavy atom. The molecule has 3 nitrogen and oxygen atoms in total. The van der Waals surface area contributed by atoms with Gasteiger partial charge in [0.15, 0.2) is 0 Å². The van der Waals surface area contributed by atoms with Crippen molar-refractivity contribution in [1.29, 1.82) is 0 Å². The number of phenols is 1. The minimum absolute atomic E-state index is 0.330. The summed E-state index contributed by atoms with van der Waals surface area (Å²) in [4.78, 5) is 0. The zero-order valence-electron chi connectivity index (χ0n) is 13.1. The molecule has 0 spiro atoms. The Bertz CT molecular complexity index is 622. The second kappa shape index (κ2) is 6.84. The minimum atomic E-state index is 0.330. The summed E-state index contributed by atoms with van der Waals surface area (Å²) in [5.41, 5.74) is 5.42. The largest absolute Gasteiger partial charge is 0.508 e. The van der Waals surface area contributed by atoms with Crippen LogP contribution in [0.5, 0.6) is 5.75 Å². The third-order valence-electron chi connectivity index (χ3n) is 4.26. The smallest absolute Gasteiger partial charge is 0.115 e. The second-order valence-corrected chi connectivity index (χ2v) is 6.14. The first-order chi connectivity index (χ1) is 10.7. The molecule has 3 rings (SSSR count). The van der Waals surface area contributed by atoms with Gasteiger partial charge in [0, 0.05) is 18.3 Å². The summed E-state index contributed by atoms with van der Waals surface area (Å²) in [5, 5.41) is 16.3. The van der Waals surface area contributed by atoms with Crippen molar-refractivity contribution in [2.75, 3.05) is 18.4 Å². The lowest BCUT2D eigenvalue weighted by Crippen LogP contribution is -2.30. The number of phenolic OH excluding ortho intramolecular Hbond substituents is 1. The molecule has 2 aromatic rings. The molecule has 0 radical (unpaired) electrons. The van der Waals surface area contributed by atoms with E-state index in [4.69, 9.17) is 0 Å². The van der Waals surface area contributed by atoms with Gasteiger partial charge in [0.1, 0.15) is 5.75 Å². The minimum Gasteiger partial charge on any atom is -0.508 e. The Labute approximate surface area is 132 Å². The van der Waals surface area contributed by atoms with Gasteiger partial charge < -0.3 is 15.7 Å². The number of fused-ring (bicyclic) bond motifs is 1. The molecule has 0 aliphatic carbocycles. The first kappa shape index (κ1) is 14.9. The second-order valence-electron chi connectivity index (χ2n) is 6.14. The summed E-state index contributed by atoms with van der Waals surface area (Å²) in [5.74, 6) is 0.330. The normalized spacial score (nSPS) is 14.4. The van der Waals surface area contributed by atoms with E-state index in [1.807, 2.05) is 12.1 Å². The summed E-state index contributed by atoms with van der Waals surface area (Å²) < 4.78 is 0. The number of hydrogen-bond donors (Lipinski definition) is 3. The number of hydrogen-bond acceptors (Lipinski definition) is 3. The standard InChI is InChI=1S/C19H24N2O/c1-14(20-10-8-15-2-5-18(22)6-3-15)12-16-4-7-19-17(13-16)9-11-21-19/h2-7,13-14,20-22H,8-12H2,1H3. The van der Waals surface area contributed by atoms with Crippen molar-refractivity contribution < 1.29 is 5.11 Å². The average molecular weight is 296 g/mol. The SMILES string of the molecule is CC(Cc1ccc2c(c1)CCN2)NCCc1ccc(O)cc1. The lowest BCUT2D eigenvalue weighted by Gasteiger charge is -2.14. The van der Waals surface area contributed by atoms with Gasteiger partial charge in [-0.2, -0.15) is 0 Å². The Kier molecular flexibility index (Phi) is 4.64. The summed E-state index contributed by atoms with van der Waals surface area (Å²) in [7, 11) is 0. The highest BCUT2D eigenvalue weighted by molar-refractivity contribution is 5.56. The van der Waals surface area contributed by atoms with Gasteiger partial charge in [-0.1, -0.05) is 24.3 Å². The van der Waals surface area contributed by atoms with E-state index in [1.165, 1.54) is 22.4 Å². The molecule has 1 aliphatic rings. The van der Waals surface area contributed by atoms with Gasteiger partial charge in [0.05, 0.1) is 0 Å². The van der Waals surface area contributed by atoms with E-state index in [2.05, 4.69) is 35.8 Å². The molecule has 1 aliphatic heterocycles. The van der Waals surface area contributed by atoms with Crippen LogP contribution in [0, 0.1) is 0 Å². The fourth-order valence-electron chi connectivity index (χ4n) is 3.04. The van der Waals surface area contributed by atoms with E-state index < -0.39 is 0 Å². The van der Waals surface area contributed by atoms with E-state index in [-0.39, 0.29) is 0 Å². The highest BCUT2D eigenvalue weighted by atomic mass is 16.3. The highest BCUT2D eigenvalue weighted by Gasteiger charge is 2.11. The molecule has 3 N–H and O–H groups in total. The predicted molar refractivity (Wildman–Crippen MR) is 91.6 cm³/mol. The van der Waals surface area contributed by atoms with Crippen LogP contribution in [-0.4, -0.2) is 24.2 Å². The van der Waals surface area contributed by atoms with Crippen molar-refractivity contribution >= 4 is 5.69 Å². The van der Waals surface area contributed by atoms with Crippen LogP contribution < -0.4 is 10.6 Å². The van der Waals surface area contributed by atoms with Gasteiger partial charge >= 0.3 is 0 Å². The van der Waals surface area contributed by atoms with Crippen LogP contribution in [0.4, 0.5) is 5.69 Å². The van der Waals surface area contributed by atoms with E-state index >= 15 is 0 Å². The van der Waals surface area contributed by atoms with Gasteiger partial charge in [-0.15, -0.1) is 0 Å². The molecule has 1 atom stereocenters. The van der Waals surface area contributed by atoms with Gasteiger partial charge in [0.25, 0.3) is 0 Å². The monoisotopic (exact) mass is 296 g/mol. The van der Waals surface area contributed by atoms with Crippen molar-refractivity contribution in [2.45, 2.75) is 32.2 Å². The number of nitrogens with one attached hydrogen (secondary N) is 2. The highest BCUT2D eigenvalue weighted by Crippen LogP contribution is 2.23. The fraction of sp³-hybridized carbons (Fsp3) is 0.368. The summed E-state index contributed by atoms with van der Waals surface area (Å²) in [6.07, 6.45) is 3.19. The van der Waals surface area contributed by atoms with Crippen LogP contribution in [-0.2, 0) is 19.3 Å². The van der Waals surface area contributed by atoms with E-state index in [9.17, 15) is 5.11 Å². The van der Waals surface area contributed by atoms with Crippen LogP contribution >= 0.6 is 0 Å². The molecule has 0 bridgehead atoms. The number of anilines is 1. The summed E-state index contributed by atoms with van der Waals surface area (Å²) >= 11 is 0. The molecule has 2 aromatic carbocycles. The van der Waals surface area contributed by atoms with Crippen LogP contribution in [0.2, 0.25) is 0 Å². The molecule has 116 valence electrons. The van der Waals surface area contributed by atoms with Gasteiger partial charge in [-0.05, 0) is 67.6 Å². The van der Waals surface area contributed by atoms with Crippen molar-refractivity contribution in [3.8, 4) is 5.75 Å². The first-order valence-corrected chi connectivity index (χ1v) is 8.08. The summed E-state index contributed by atoms with van der Waals surface area (Å²) in [6, 6.07) is 14.7. The predicted octanol–water partition coefficient (Wildman–Crippen LogP) is 3.12. The van der Waals surface area contributed by atoms with Gasteiger partial charge in [0.2, 0.25) is 0 Å². The molecule has 22 heavy (non-hydrogen) atoms. The maximum absolute atomic E-state index is 9.28. The lowest BCUT2D eigenvalue weighted by atomic mass is 10.0. The average Bonchev–Trinajstić information content (AvgIpc) is 2.97. The molecule has 0 saturated carbocycles. The summed E-state index contributed by atoms with van der Waals surface area (Å²) in [6.45, 7) is 4.26. The van der Waals surface area contributed by atoms with Gasteiger partial charge in [-0.3, -0.25) is 0 Å². The molecule has 3 heteroatoms. The molecule has 0 fully saturated rings. The van der Waals surface area contributed by atoms with Crippen LogP contribution in [0.3, 0.4) is 0 Å². The van der Waals surface area contributed by atoms with Crippen LogP contribution in [0.15, 0.2) is 42.5 Å². The number of rotatable bonds is 6. The Hall–Kier alpha value is -2.00. The molecule has 0 saturated heterocycles. The zero-order chi connectivity index (χ0) is 15.4. The maximum atomic E-state index is 9.28. The van der Waals surface area contributed by atoms with E-state index in [0.29, 0.717) is 11.8 Å². The van der Waals surface area contributed by atoms with Crippen molar-refractivity contribution in [3.63, 3.8) is 0 Å².